The minimum absolute atomic E-state index is 0.0357. The minimum Gasteiger partial charge on any atom is -0.309 e. The predicted molar refractivity (Wildman–Crippen MR) is 66.2 cm³/mol. The lowest BCUT2D eigenvalue weighted by molar-refractivity contribution is -0.117. The summed E-state index contributed by atoms with van der Waals surface area (Å²) in [5, 5.41) is 0. The van der Waals surface area contributed by atoms with Crippen molar-refractivity contribution in [2.45, 2.75) is 6.42 Å². The number of hydrogen-bond acceptors (Lipinski definition) is 2. The molecule has 2 rings (SSSR count). The molecule has 1 aromatic rings. The lowest BCUT2D eigenvalue weighted by Crippen LogP contribution is -2.25. The third kappa shape index (κ3) is 1.97. The normalized spacial score (nSPS) is 20.4. The van der Waals surface area contributed by atoms with E-state index in [4.69, 9.17) is 6.42 Å². The van der Waals surface area contributed by atoms with Crippen molar-refractivity contribution in [3.05, 3.63) is 22.0 Å². The first-order chi connectivity index (χ1) is 7.22. The molecule has 76 valence electrons. The number of terminal acetylenes is 1. The lowest BCUT2D eigenvalue weighted by Gasteiger charge is -2.16. The molecule has 1 saturated heterocycles. The van der Waals surface area contributed by atoms with Gasteiger partial charge in [-0.1, -0.05) is 0 Å². The number of hydrogen-bond donors (Lipinski definition) is 0. The van der Waals surface area contributed by atoms with Gasteiger partial charge in [-0.05, 0) is 34.7 Å². The molecular weight excluding hydrogens is 303 g/mol. The summed E-state index contributed by atoms with van der Waals surface area (Å²) in [6, 6.07) is 3.72. The fraction of sp³-hybridized carbons (Fsp3) is 0.273. The molecule has 0 aromatic carbocycles. The van der Waals surface area contributed by atoms with Gasteiger partial charge in [-0.2, -0.15) is 0 Å². The van der Waals surface area contributed by atoms with E-state index in [1.54, 1.807) is 11.1 Å². The van der Waals surface area contributed by atoms with Crippen molar-refractivity contribution in [1.82, 2.24) is 4.98 Å². The lowest BCUT2D eigenvalue weighted by atomic mass is 10.1. The molecule has 1 aliphatic heterocycles. The van der Waals surface area contributed by atoms with E-state index < -0.39 is 0 Å². The van der Waals surface area contributed by atoms with Crippen LogP contribution in [0.15, 0.2) is 18.3 Å². The van der Waals surface area contributed by atoms with Crippen LogP contribution in [0.1, 0.15) is 6.42 Å². The number of halogens is 1. The van der Waals surface area contributed by atoms with Gasteiger partial charge in [-0.3, -0.25) is 4.79 Å². The second-order valence-corrected chi connectivity index (χ2v) is 4.41. The number of anilines is 1. The molecule has 1 atom stereocenters. The van der Waals surface area contributed by atoms with Crippen LogP contribution < -0.4 is 4.90 Å². The van der Waals surface area contributed by atoms with Crippen molar-refractivity contribution in [1.29, 1.82) is 0 Å². The highest BCUT2D eigenvalue weighted by atomic mass is 127. The second kappa shape index (κ2) is 4.19. The van der Waals surface area contributed by atoms with Crippen LogP contribution in [-0.2, 0) is 4.79 Å². The summed E-state index contributed by atoms with van der Waals surface area (Å²) in [6.07, 6.45) is 7.49. The second-order valence-electron chi connectivity index (χ2n) is 3.39. The highest BCUT2D eigenvalue weighted by Crippen LogP contribution is 2.27. The highest BCUT2D eigenvalue weighted by Gasteiger charge is 2.30. The van der Waals surface area contributed by atoms with Gasteiger partial charge in [0.1, 0.15) is 3.70 Å². The van der Waals surface area contributed by atoms with E-state index in [1.807, 2.05) is 12.1 Å². The van der Waals surface area contributed by atoms with E-state index in [0.29, 0.717) is 13.0 Å². The van der Waals surface area contributed by atoms with Crippen molar-refractivity contribution < 1.29 is 4.79 Å². The number of carbonyl (C=O) groups is 1. The van der Waals surface area contributed by atoms with Crippen molar-refractivity contribution in [3.63, 3.8) is 0 Å². The van der Waals surface area contributed by atoms with Crippen LogP contribution in [0.4, 0.5) is 5.69 Å². The van der Waals surface area contributed by atoms with E-state index >= 15 is 0 Å². The zero-order valence-electron chi connectivity index (χ0n) is 7.98. The largest absolute Gasteiger partial charge is 0.309 e. The molecule has 1 amide bonds. The van der Waals surface area contributed by atoms with E-state index in [2.05, 4.69) is 33.5 Å². The molecule has 0 N–H and O–H groups in total. The maximum atomic E-state index is 11.7. The van der Waals surface area contributed by atoms with Crippen LogP contribution in [0.3, 0.4) is 0 Å². The Morgan fingerprint density at radius 2 is 2.47 bits per heavy atom. The van der Waals surface area contributed by atoms with Gasteiger partial charge in [0.2, 0.25) is 5.91 Å². The molecule has 1 fully saturated rings. The van der Waals surface area contributed by atoms with Gasteiger partial charge in [0.25, 0.3) is 0 Å². The summed E-state index contributed by atoms with van der Waals surface area (Å²) in [6.45, 7) is 0.608. The molecule has 4 heteroatoms. The van der Waals surface area contributed by atoms with Crippen molar-refractivity contribution >= 4 is 34.2 Å². The molecule has 1 aliphatic rings. The van der Waals surface area contributed by atoms with Crippen LogP contribution in [-0.4, -0.2) is 17.4 Å². The summed E-state index contributed by atoms with van der Waals surface area (Å²) in [4.78, 5) is 17.6. The quantitative estimate of drug-likeness (QED) is 0.449. The fourth-order valence-corrected chi connectivity index (χ4v) is 2.26. The molecule has 0 saturated carbocycles. The van der Waals surface area contributed by atoms with Crippen LogP contribution in [0, 0.1) is 22.0 Å². The summed E-state index contributed by atoms with van der Waals surface area (Å²) in [5.74, 6) is 2.75. The first kappa shape index (κ1) is 10.4. The van der Waals surface area contributed by atoms with Crippen LogP contribution in [0.2, 0.25) is 0 Å². The molecule has 0 radical (unpaired) electrons. The average molecular weight is 312 g/mol. The predicted octanol–water partition coefficient (Wildman–Crippen LogP) is 1.67. The Hall–Kier alpha value is -1.09. The zero-order valence-corrected chi connectivity index (χ0v) is 10.1. The standard InChI is InChI=1S/C11H9IN2O/c1-2-8-6-10(15)14(7-8)9-4-3-5-13-11(9)12/h1,3-5,8H,6-7H2. The molecule has 15 heavy (non-hydrogen) atoms. The summed E-state index contributed by atoms with van der Waals surface area (Å²) >= 11 is 2.12. The number of rotatable bonds is 1. The molecule has 1 aromatic heterocycles. The van der Waals surface area contributed by atoms with Gasteiger partial charge in [-0.25, -0.2) is 4.98 Å². The Kier molecular flexibility index (Phi) is 2.91. The molecular formula is C11H9IN2O. The summed E-state index contributed by atoms with van der Waals surface area (Å²) in [5.41, 5.74) is 0.862. The Balaban J connectivity index is 2.30. The topological polar surface area (TPSA) is 33.2 Å². The van der Waals surface area contributed by atoms with Crippen molar-refractivity contribution in [2.24, 2.45) is 5.92 Å². The molecule has 2 heterocycles. The number of amides is 1. The van der Waals surface area contributed by atoms with Gasteiger partial charge in [0.15, 0.2) is 0 Å². The Labute approximate surface area is 102 Å². The first-order valence-electron chi connectivity index (χ1n) is 4.59. The highest BCUT2D eigenvalue weighted by molar-refractivity contribution is 14.1. The number of pyridine rings is 1. The van der Waals surface area contributed by atoms with E-state index in [9.17, 15) is 4.79 Å². The first-order valence-corrected chi connectivity index (χ1v) is 5.67. The molecule has 3 nitrogen and oxygen atoms in total. The van der Waals surface area contributed by atoms with Crippen LogP contribution in [0.5, 0.6) is 0 Å². The smallest absolute Gasteiger partial charge is 0.228 e. The Morgan fingerprint density at radius 3 is 3.07 bits per heavy atom. The third-order valence-electron chi connectivity index (χ3n) is 2.39. The van der Waals surface area contributed by atoms with Crippen molar-refractivity contribution in [2.75, 3.05) is 11.4 Å². The molecule has 0 aliphatic carbocycles. The number of aromatic nitrogens is 1. The summed E-state index contributed by atoms with van der Waals surface area (Å²) < 4.78 is 0.834. The van der Waals surface area contributed by atoms with Gasteiger partial charge < -0.3 is 4.90 Å². The van der Waals surface area contributed by atoms with Crippen LogP contribution in [0.25, 0.3) is 0 Å². The number of carbonyl (C=O) groups excluding carboxylic acids is 1. The molecule has 0 spiro atoms. The van der Waals surface area contributed by atoms with Gasteiger partial charge in [0.05, 0.1) is 5.69 Å². The van der Waals surface area contributed by atoms with Gasteiger partial charge >= 0.3 is 0 Å². The molecule has 0 bridgehead atoms. The van der Waals surface area contributed by atoms with Crippen molar-refractivity contribution in [3.8, 4) is 12.3 Å². The zero-order chi connectivity index (χ0) is 10.8. The Morgan fingerprint density at radius 1 is 1.67 bits per heavy atom. The monoisotopic (exact) mass is 312 g/mol. The fourth-order valence-electron chi connectivity index (χ4n) is 1.63. The maximum Gasteiger partial charge on any atom is 0.228 e. The van der Waals surface area contributed by atoms with E-state index in [-0.39, 0.29) is 11.8 Å². The SMILES string of the molecule is C#CC1CC(=O)N(c2cccnc2I)C1. The molecule has 1 unspecified atom stereocenters. The van der Waals surface area contributed by atoms with E-state index in [0.717, 1.165) is 9.39 Å². The van der Waals surface area contributed by atoms with Crippen LogP contribution >= 0.6 is 22.6 Å². The number of nitrogens with zero attached hydrogens (tertiary/aromatic N) is 2. The third-order valence-corrected chi connectivity index (χ3v) is 3.22. The van der Waals surface area contributed by atoms with Gasteiger partial charge in [-0.15, -0.1) is 12.3 Å². The Bertz CT molecular complexity index is 438. The maximum absolute atomic E-state index is 11.7. The minimum atomic E-state index is 0.0357. The van der Waals surface area contributed by atoms with E-state index in [1.165, 1.54) is 0 Å². The summed E-state index contributed by atoms with van der Waals surface area (Å²) in [7, 11) is 0. The average Bonchev–Trinajstić information content (AvgIpc) is 2.60. The van der Waals surface area contributed by atoms with Gasteiger partial charge in [0, 0.05) is 25.1 Å².